The summed E-state index contributed by atoms with van der Waals surface area (Å²) in [5.41, 5.74) is 5.90. The summed E-state index contributed by atoms with van der Waals surface area (Å²) in [4.78, 5) is 24.7. The van der Waals surface area contributed by atoms with Gasteiger partial charge in [0.15, 0.2) is 0 Å². The molecular weight excluding hydrogens is 439 g/mol. The maximum atomic E-state index is 5.83. The lowest BCUT2D eigenvalue weighted by atomic mass is 10.2. The average Bonchev–Trinajstić information content (AvgIpc) is 2.57. The number of aryl methyl sites for hydroxylation is 3. The summed E-state index contributed by atoms with van der Waals surface area (Å²) < 4.78 is 0.841. The molecule has 0 aliphatic carbocycles. The van der Waals surface area contributed by atoms with E-state index in [0.717, 1.165) is 43.5 Å². The van der Waals surface area contributed by atoms with E-state index in [0.29, 0.717) is 10.3 Å². The monoisotopic (exact) mass is 450 g/mol. The summed E-state index contributed by atoms with van der Waals surface area (Å²) in [6.07, 6.45) is 3.05. The molecule has 6 nitrogen and oxygen atoms in total. The molecule has 26 heavy (non-hydrogen) atoms. The first-order valence-electron chi connectivity index (χ1n) is 7.54. The Morgan fingerprint density at radius 1 is 0.692 bits per heavy atom. The van der Waals surface area contributed by atoms with Crippen LogP contribution in [0.25, 0.3) is 22.1 Å². The lowest BCUT2D eigenvalue weighted by molar-refractivity contribution is 1.12. The van der Waals surface area contributed by atoms with Crippen molar-refractivity contribution in [2.75, 3.05) is 0 Å². The second-order valence-electron chi connectivity index (χ2n) is 5.50. The largest absolute Gasteiger partial charge is 0.239 e. The summed E-state index contributed by atoms with van der Waals surface area (Å²) in [6.45, 7) is 5.73. The predicted octanol–water partition coefficient (Wildman–Crippen LogP) is 5.04. The van der Waals surface area contributed by atoms with Gasteiger partial charge in [-0.15, -0.1) is 0 Å². The lowest BCUT2D eigenvalue weighted by Crippen LogP contribution is -1.93. The van der Waals surface area contributed by atoms with Crippen LogP contribution in [0.4, 0.5) is 0 Å². The standard InChI is InChI=1S/C9H8ClN3.C8H5BrClN3/c1-5-3-7(10)13-9-6(2)11-4-12-8(5)9;1-4-7-8(12-3-11-4)5(9)2-6(10)13-7/h3-4H,1-2H3;2-3H,1H3. The Kier molecular flexibility index (Phi) is 5.60. The minimum Gasteiger partial charge on any atom is -0.239 e. The van der Waals surface area contributed by atoms with E-state index in [1.807, 2.05) is 20.8 Å². The molecule has 0 bridgehead atoms. The Balaban J connectivity index is 0.000000151. The van der Waals surface area contributed by atoms with Gasteiger partial charge in [0.25, 0.3) is 0 Å². The minimum atomic E-state index is 0.442. The number of nitrogens with zero attached hydrogens (tertiary/aromatic N) is 6. The van der Waals surface area contributed by atoms with E-state index < -0.39 is 0 Å². The van der Waals surface area contributed by atoms with Crippen molar-refractivity contribution in [2.45, 2.75) is 20.8 Å². The zero-order valence-corrected chi connectivity index (χ0v) is 17.2. The van der Waals surface area contributed by atoms with Gasteiger partial charge in [0.05, 0.1) is 16.9 Å². The lowest BCUT2D eigenvalue weighted by Gasteiger charge is -2.02. The third kappa shape index (κ3) is 3.90. The molecule has 0 radical (unpaired) electrons. The second-order valence-corrected chi connectivity index (χ2v) is 7.13. The maximum Gasteiger partial charge on any atom is 0.131 e. The van der Waals surface area contributed by atoms with Crippen molar-refractivity contribution < 1.29 is 0 Å². The third-order valence-corrected chi connectivity index (χ3v) is 4.62. The van der Waals surface area contributed by atoms with Crippen LogP contribution < -0.4 is 0 Å². The summed E-state index contributed by atoms with van der Waals surface area (Å²) in [5, 5.41) is 0.931. The Labute approximate surface area is 168 Å². The fourth-order valence-corrected chi connectivity index (χ4v) is 3.44. The molecule has 0 fully saturated rings. The van der Waals surface area contributed by atoms with Crippen LogP contribution in [0.1, 0.15) is 17.0 Å². The SMILES string of the molecule is Cc1cc(Cl)nc2c(C)ncnc12.Cc1ncnc2c(Br)cc(Cl)nc12. The zero-order valence-electron chi connectivity index (χ0n) is 14.1. The zero-order chi connectivity index (χ0) is 18.8. The highest BCUT2D eigenvalue weighted by atomic mass is 79.9. The van der Waals surface area contributed by atoms with Crippen LogP contribution >= 0.6 is 39.1 Å². The minimum absolute atomic E-state index is 0.442. The van der Waals surface area contributed by atoms with Crippen molar-refractivity contribution in [2.24, 2.45) is 0 Å². The Morgan fingerprint density at radius 3 is 1.81 bits per heavy atom. The van der Waals surface area contributed by atoms with Crippen LogP contribution in [0.3, 0.4) is 0 Å². The second kappa shape index (κ2) is 7.73. The first kappa shape index (κ1) is 18.8. The molecule has 4 aromatic heterocycles. The number of aromatic nitrogens is 6. The van der Waals surface area contributed by atoms with Crippen LogP contribution in [-0.2, 0) is 0 Å². The number of pyridine rings is 2. The quantitative estimate of drug-likeness (QED) is 0.348. The Hall–Kier alpha value is -1.96. The molecule has 4 heterocycles. The number of halogens is 3. The maximum absolute atomic E-state index is 5.83. The van der Waals surface area contributed by atoms with Gasteiger partial charge in [0.1, 0.15) is 39.5 Å². The number of hydrogen-bond donors (Lipinski definition) is 0. The van der Waals surface area contributed by atoms with E-state index in [-0.39, 0.29) is 0 Å². The van der Waals surface area contributed by atoms with Gasteiger partial charge in [-0.25, -0.2) is 29.9 Å². The van der Waals surface area contributed by atoms with Crippen molar-refractivity contribution in [1.29, 1.82) is 0 Å². The molecule has 0 saturated heterocycles. The highest BCUT2D eigenvalue weighted by molar-refractivity contribution is 9.10. The van der Waals surface area contributed by atoms with Gasteiger partial charge < -0.3 is 0 Å². The topological polar surface area (TPSA) is 77.3 Å². The number of rotatable bonds is 0. The first-order chi connectivity index (χ1) is 12.4. The van der Waals surface area contributed by atoms with E-state index in [2.05, 4.69) is 45.8 Å². The summed E-state index contributed by atoms with van der Waals surface area (Å²) >= 11 is 15.0. The molecule has 4 rings (SSSR count). The Bertz CT molecular complexity index is 1030. The molecule has 0 amide bonds. The van der Waals surface area contributed by atoms with E-state index in [1.54, 1.807) is 18.5 Å². The fourth-order valence-electron chi connectivity index (χ4n) is 2.36. The van der Waals surface area contributed by atoms with Crippen LogP contribution in [0.15, 0.2) is 29.3 Å². The smallest absolute Gasteiger partial charge is 0.131 e. The summed E-state index contributed by atoms with van der Waals surface area (Å²) in [6, 6.07) is 3.52. The molecule has 0 N–H and O–H groups in total. The molecule has 0 saturated carbocycles. The average molecular weight is 452 g/mol. The van der Waals surface area contributed by atoms with E-state index >= 15 is 0 Å². The molecule has 0 aliphatic heterocycles. The van der Waals surface area contributed by atoms with Crippen molar-refractivity contribution in [3.8, 4) is 0 Å². The highest BCUT2D eigenvalue weighted by Crippen LogP contribution is 2.24. The molecule has 132 valence electrons. The predicted molar refractivity (Wildman–Crippen MR) is 107 cm³/mol. The fraction of sp³-hybridized carbons (Fsp3) is 0.176. The normalized spacial score (nSPS) is 10.7. The molecule has 9 heteroatoms. The number of fused-ring (bicyclic) bond motifs is 2. The van der Waals surface area contributed by atoms with Gasteiger partial charge in [0, 0.05) is 4.47 Å². The van der Waals surface area contributed by atoms with Crippen molar-refractivity contribution in [1.82, 2.24) is 29.9 Å². The molecule has 0 aromatic carbocycles. The van der Waals surface area contributed by atoms with E-state index in [1.165, 1.54) is 6.33 Å². The third-order valence-electron chi connectivity index (χ3n) is 3.63. The van der Waals surface area contributed by atoms with Crippen molar-refractivity contribution >= 4 is 61.2 Å². The van der Waals surface area contributed by atoms with E-state index in [4.69, 9.17) is 23.2 Å². The van der Waals surface area contributed by atoms with Gasteiger partial charge in [-0.2, -0.15) is 0 Å². The first-order valence-corrected chi connectivity index (χ1v) is 9.09. The molecule has 4 aromatic rings. The van der Waals surface area contributed by atoms with Gasteiger partial charge in [0.2, 0.25) is 0 Å². The summed E-state index contributed by atoms with van der Waals surface area (Å²) in [5.74, 6) is 0. The van der Waals surface area contributed by atoms with Crippen LogP contribution in [0.2, 0.25) is 10.3 Å². The van der Waals surface area contributed by atoms with Crippen LogP contribution in [-0.4, -0.2) is 29.9 Å². The number of hydrogen-bond acceptors (Lipinski definition) is 6. The Morgan fingerprint density at radius 2 is 1.19 bits per heavy atom. The molecule has 0 unspecified atom stereocenters. The molecule has 0 atom stereocenters. The molecular formula is C17H13BrCl2N6. The molecule has 0 aliphatic rings. The summed E-state index contributed by atoms with van der Waals surface area (Å²) in [7, 11) is 0. The van der Waals surface area contributed by atoms with Gasteiger partial charge >= 0.3 is 0 Å². The highest BCUT2D eigenvalue weighted by Gasteiger charge is 2.06. The van der Waals surface area contributed by atoms with Gasteiger partial charge in [-0.1, -0.05) is 23.2 Å². The van der Waals surface area contributed by atoms with Crippen LogP contribution in [0, 0.1) is 20.8 Å². The van der Waals surface area contributed by atoms with Crippen molar-refractivity contribution in [3.05, 3.63) is 56.5 Å². The van der Waals surface area contributed by atoms with Gasteiger partial charge in [-0.05, 0) is 54.4 Å². The van der Waals surface area contributed by atoms with Crippen LogP contribution in [0.5, 0.6) is 0 Å². The van der Waals surface area contributed by atoms with Crippen molar-refractivity contribution in [3.63, 3.8) is 0 Å². The molecule has 0 spiro atoms. The van der Waals surface area contributed by atoms with E-state index in [9.17, 15) is 0 Å². The van der Waals surface area contributed by atoms with Gasteiger partial charge in [-0.3, -0.25) is 0 Å².